The smallest absolute Gasteiger partial charge is 0.243 e. The van der Waals surface area contributed by atoms with Gasteiger partial charge in [0.15, 0.2) is 0 Å². The van der Waals surface area contributed by atoms with Crippen molar-refractivity contribution in [3.63, 3.8) is 0 Å². The van der Waals surface area contributed by atoms with Crippen LogP contribution in [0.25, 0.3) is 10.8 Å². The lowest BCUT2D eigenvalue weighted by Gasteiger charge is -2.30. The molecule has 0 aliphatic carbocycles. The quantitative estimate of drug-likeness (QED) is 0.384. The Bertz CT molecular complexity index is 1200. The van der Waals surface area contributed by atoms with E-state index in [4.69, 9.17) is 4.74 Å². The van der Waals surface area contributed by atoms with E-state index in [2.05, 4.69) is 11.4 Å². The maximum Gasteiger partial charge on any atom is 0.243 e. The molecule has 0 spiro atoms. The number of nitrogens with zero attached hydrogens (tertiary/aromatic N) is 1. The molecule has 1 aliphatic rings. The van der Waals surface area contributed by atoms with Gasteiger partial charge in [-0.2, -0.15) is 4.31 Å². The number of piperidine rings is 1. The first-order valence-electron chi connectivity index (χ1n) is 11.0. The number of rotatable bonds is 8. The second-order valence-corrected chi connectivity index (χ2v) is 10.8. The van der Waals surface area contributed by atoms with Crippen LogP contribution in [-0.4, -0.2) is 51.1 Å². The number of carbonyl (C=O) groups is 1. The summed E-state index contributed by atoms with van der Waals surface area (Å²) >= 11 is 1.57. The van der Waals surface area contributed by atoms with E-state index >= 15 is 0 Å². The van der Waals surface area contributed by atoms with Crippen LogP contribution in [0.3, 0.4) is 0 Å². The second-order valence-electron chi connectivity index (χ2n) is 8.00. The van der Waals surface area contributed by atoms with Gasteiger partial charge >= 0.3 is 0 Å². The molecule has 1 amide bonds. The summed E-state index contributed by atoms with van der Waals surface area (Å²) in [5, 5.41) is 5.19. The number of sulfonamides is 1. The fraction of sp³-hybridized carbons (Fsp3) is 0.320. The van der Waals surface area contributed by atoms with Crippen molar-refractivity contribution in [2.24, 2.45) is 5.92 Å². The fourth-order valence-corrected chi connectivity index (χ4v) is 5.88. The van der Waals surface area contributed by atoms with Gasteiger partial charge in [-0.15, -0.1) is 11.8 Å². The minimum atomic E-state index is -3.53. The molecule has 4 rings (SSSR count). The highest BCUT2D eigenvalue weighted by Crippen LogP contribution is 2.25. The van der Waals surface area contributed by atoms with Crippen molar-refractivity contribution < 1.29 is 17.9 Å². The Morgan fingerprint density at radius 1 is 1.03 bits per heavy atom. The lowest BCUT2D eigenvalue weighted by atomic mass is 9.97. The fourth-order valence-electron chi connectivity index (χ4n) is 4.00. The van der Waals surface area contributed by atoms with Gasteiger partial charge in [0.05, 0.1) is 11.4 Å². The van der Waals surface area contributed by atoms with Crippen LogP contribution >= 0.6 is 11.8 Å². The molecule has 0 radical (unpaired) electrons. The molecule has 0 aromatic heterocycles. The molecule has 3 aromatic rings. The first-order valence-corrected chi connectivity index (χ1v) is 13.7. The van der Waals surface area contributed by atoms with E-state index in [0.29, 0.717) is 44.0 Å². The van der Waals surface area contributed by atoms with Gasteiger partial charge in [-0.05, 0) is 66.3 Å². The maximum absolute atomic E-state index is 12.9. The van der Waals surface area contributed by atoms with Crippen molar-refractivity contribution in [1.29, 1.82) is 0 Å². The van der Waals surface area contributed by atoms with Gasteiger partial charge in [0.25, 0.3) is 0 Å². The van der Waals surface area contributed by atoms with Gasteiger partial charge in [-0.3, -0.25) is 4.79 Å². The lowest BCUT2D eigenvalue weighted by Crippen LogP contribution is -2.43. The van der Waals surface area contributed by atoms with Gasteiger partial charge in [-0.1, -0.05) is 30.3 Å². The summed E-state index contributed by atoms with van der Waals surface area (Å²) in [6, 6.07) is 20.9. The third-order valence-corrected chi connectivity index (χ3v) is 8.57. The van der Waals surface area contributed by atoms with E-state index in [1.165, 1.54) is 4.31 Å². The first-order chi connectivity index (χ1) is 16.0. The second kappa shape index (κ2) is 10.6. The molecule has 8 heteroatoms. The lowest BCUT2D eigenvalue weighted by molar-refractivity contribution is -0.126. The van der Waals surface area contributed by atoms with E-state index in [0.717, 1.165) is 21.4 Å². The van der Waals surface area contributed by atoms with Crippen LogP contribution in [0.15, 0.2) is 76.5 Å². The van der Waals surface area contributed by atoms with Crippen LogP contribution in [0.1, 0.15) is 12.8 Å². The molecule has 6 nitrogen and oxygen atoms in total. The van der Waals surface area contributed by atoms with Crippen LogP contribution in [0, 0.1) is 5.92 Å². The Balaban J connectivity index is 1.22. The zero-order valence-electron chi connectivity index (χ0n) is 18.6. The summed E-state index contributed by atoms with van der Waals surface area (Å²) in [5.41, 5.74) is 0. The predicted molar refractivity (Wildman–Crippen MR) is 132 cm³/mol. The van der Waals surface area contributed by atoms with Crippen molar-refractivity contribution >= 4 is 38.5 Å². The predicted octanol–water partition coefficient (Wildman–Crippen LogP) is 4.16. The van der Waals surface area contributed by atoms with Crippen LogP contribution in [0.5, 0.6) is 5.75 Å². The average Bonchev–Trinajstić information content (AvgIpc) is 2.86. The van der Waals surface area contributed by atoms with Crippen LogP contribution in [-0.2, 0) is 14.8 Å². The number of fused-ring (bicyclic) bond motifs is 1. The Morgan fingerprint density at radius 2 is 1.73 bits per heavy atom. The minimum Gasteiger partial charge on any atom is -0.492 e. The van der Waals surface area contributed by atoms with E-state index in [9.17, 15) is 13.2 Å². The summed E-state index contributed by atoms with van der Waals surface area (Å²) in [6.07, 6.45) is 2.98. The molecule has 174 valence electrons. The number of benzene rings is 3. The van der Waals surface area contributed by atoms with E-state index < -0.39 is 10.0 Å². The molecular weight excluding hydrogens is 456 g/mol. The molecule has 0 unspecified atom stereocenters. The number of hydrogen-bond acceptors (Lipinski definition) is 5. The first kappa shape index (κ1) is 23.6. The molecule has 1 saturated heterocycles. The summed E-state index contributed by atoms with van der Waals surface area (Å²) in [4.78, 5) is 13.9. The van der Waals surface area contributed by atoms with E-state index in [1.54, 1.807) is 23.9 Å². The Labute approximate surface area is 199 Å². The van der Waals surface area contributed by atoms with Crippen LogP contribution in [0.4, 0.5) is 0 Å². The highest BCUT2D eigenvalue weighted by atomic mass is 32.2. The number of ether oxygens (including phenoxy) is 1. The topological polar surface area (TPSA) is 75.7 Å². The summed E-state index contributed by atoms with van der Waals surface area (Å²) in [6.45, 7) is 1.48. The standard InChI is InChI=1S/C25H28N2O4S2/c1-32-23-8-10-24(11-9-23)33(29,30)27-15-12-20(13-16-27)25(28)26-14-17-31-22-7-6-19-4-2-3-5-21(19)18-22/h2-11,18,20H,12-17H2,1H3,(H,26,28). The van der Waals surface area contributed by atoms with Gasteiger partial charge in [-0.25, -0.2) is 8.42 Å². The molecular formula is C25H28N2O4S2. The van der Waals surface area contributed by atoms with E-state index in [1.807, 2.05) is 54.8 Å². The van der Waals surface area contributed by atoms with Crippen molar-refractivity contribution in [1.82, 2.24) is 9.62 Å². The number of thioether (sulfide) groups is 1. The number of nitrogens with one attached hydrogen (secondary N) is 1. The van der Waals surface area contributed by atoms with Crippen molar-refractivity contribution in [2.75, 3.05) is 32.5 Å². The Hall–Kier alpha value is -2.55. The molecule has 3 aromatic carbocycles. The molecule has 1 N–H and O–H groups in total. The highest BCUT2D eigenvalue weighted by Gasteiger charge is 2.31. The van der Waals surface area contributed by atoms with Crippen molar-refractivity contribution in [3.8, 4) is 5.75 Å². The molecule has 33 heavy (non-hydrogen) atoms. The minimum absolute atomic E-state index is 0.0431. The van der Waals surface area contributed by atoms with Crippen LogP contribution in [0.2, 0.25) is 0 Å². The summed E-state index contributed by atoms with van der Waals surface area (Å²) in [7, 11) is -3.53. The van der Waals surface area contributed by atoms with E-state index in [-0.39, 0.29) is 11.8 Å². The molecule has 1 heterocycles. The van der Waals surface area contributed by atoms with Gasteiger partial charge in [0.2, 0.25) is 15.9 Å². The van der Waals surface area contributed by atoms with Crippen molar-refractivity contribution in [2.45, 2.75) is 22.6 Å². The summed E-state index contributed by atoms with van der Waals surface area (Å²) in [5.74, 6) is 0.543. The summed E-state index contributed by atoms with van der Waals surface area (Å²) < 4.78 is 33.0. The zero-order valence-corrected chi connectivity index (χ0v) is 20.2. The number of hydrogen-bond donors (Lipinski definition) is 1. The number of amides is 1. The molecule has 0 atom stereocenters. The van der Waals surface area contributed by atoms with Crippen LogP contribution < -0.4 is 10.1 Å². The molecule has 0 bridgehead atoms. The Morgan fingerprint density at radius 3 is 2.42 bits per heavy atom. The number of carbonyl (C=O) groups excluding carboxylic acids is 1. The normalized spacial score (nSPS) is 15.4. The maximum atomic E-state index is 12.9. The Kier molecular flexibility index (Phi) is 7.57. The van der Waals surface area contributed by atoms with Crippen molar-refractivity contribution in [3.05, 3.63) is 66.7 Å². The van der Waals surface area contributed by atoms with Gasteiger partial charge in [0.1, 0.15) is 12.4 Å². The third kappa shape index (κ3) is 5.69. The molecule has 1 fully saturated rings. The zero-order chi connectivity index (χ0) is 23.3. The largest absolute Gasteiger partial charge is 0.492 e. The van der Waals surface area contributed by atoms with Gasteiger partial charge in [0, 0.05) is 23.9 Å². The van der Waals surface area contributed by atoms with Gasteiger partial charge < -0.3 is 10.1 Å². The molecule has 1 aliphatic heterocycles. The SMILES string of the molecule is CSc1ccc(S(=O)(=O)N2CCC(C(=O)NCCOc3ccc4ccccc4c3)CC2)cc1. The average molecular weight is 485 g/mol. The highest BCUT2D eigenvalue weighted by molar-refractivity contribution is 7.98. The third-order valence-electron chi connectivity index (χ3n) is 5.91. The monoisotopic (exact) mass is 484 g/mol. The molecule has 0 saturated carbocycles.